The van der Waals surface area contributed by atoms with Gasteiger partial charge in [-0.1, -0.05) is 48.5 Å². The Morgan fingerprint density at radius 3 is 2.56 bits per heavy atom. The molecular weight excluding hydrogens is 474 g/mol. The minimum Gasteiger partial charge on any atom is -0.352 e. The molecule has 0 saturated heterocycles. The molecule has 0 spiro atoms. The number of carbonyl (C=O) groups is 1. The van der Waals surface area contributed by atoms with E-state index in [1.54, 1.807) is 19.2 Å². The van der Waals surface area contributed by atoms with Gasteiger partial charge in [-0.2, -0.15) is 0 Å². The van der Waals surface area contributed by atoms with Crippen LogP contribution < -0.4 is 16.0 Å². The summed E-state index contributed by atoms with van der Waals surface area (Å²) >= 11 is 12.0. The Labute approximate surface area is 176 Å². The number of hydrogen-bond donors (Lipinski definition) is 3. The maximum absolute atomic E-state index is 12.0. The Bertz CT molecular complexity index is 592. The van der Waals surface area contributed by atoms with E-state index in [-0.39, 0.29) is 36.4 Å². The van der Waals surface area contributed by atoms with E-state index in [0.717, 1.165) is 18.4 Å². The molecule has 8 heteroatoms. The highest BCUT2D eigenvalue weighted by Gasteiger charge is 2.15. The Morgan fingerprint density at radius 1 is 1.20 bits per heavy atom. The van der Waals surface area contributed by atoms with Gasteiger partial charge in [0.05, 0.1) is 6.54 Å². The summed E-state index contributed by atoms with van der Waals surface area (Å²) in [6.45, 7) is 0.699. The summed E-state index contributed by atoms with van der Waals surface area (Å²) in [4.78, 5) is 16.1. The molecule has 0 bridgehead atoms. The molecule has 0 atom stereocenters. The van der Waals surface area contributed by atoms with Crippen molar-refractivity contribution in [2.24, 2.45) is 4.99 Å². The first-order valence-electron chi connectivity index (χ1n) is 8.26. The summed E-state index contributed by atoms with van der Waals surface area (Å²) < 4.78 is 0. The fourth-order valence-electron chi connectivity index (χ4n) is 2.75. The lowest BCUT2D eigenvalue weighted by molar-refractivity contribution is -0.120. The standard InChI is InChI=1S/C17H24Cl2N4O.HI/c1-20-17(21-10-12-7-8-13(18)9-15(12)19)22-11-16(24)23-14-5-3-2-4-6-14;/h7-9,14H,2-6,10-11H2,1H3,(H,23,24)(H2,20,21,22);1H. The van der Waals surface area contributed by atoms with Crippen molar-refractivity contribution in [2.45, 2.75) is 44.7 Å². The lowest BCUT2D eigenvalue weighted by Gasteiger charge is -2.23. The second kappa shape index (κ2) is 11.8. The molecule has 1 aliphatic rings. The van der Waals surface area contributed by atoms with Gasteiger partial charge in [0.2, 0.25) is 5.91 Å². The van der Waals surface area contributed by atoms with Crippen LogP contribution in [-0.2, 0) is 11.3 Å². The molecule has 0 heterocycles. The van der Waals surface area contributed by atoms with Gasteiger partial charge in [-0.25, -0.2) is 0 Å². The molecule has 5 nitrogen and oxygen atoms in total. The van der Waals surface area contributed by atoms with E-state index in [1.807, 2.05) is 6.07 Å². The van der Waals surface area contributed by atoms with Crippen molar-refractivity contribution in [1.29, 1.82) is 0 Å². The third-order valence-corrected chi connectivity index (χ3v) is 4.66. The smallest absolute Gasteiger partial charge is 0.239 e. The van der Waals surface area contributed by atoms with Gasteiger partial charge in [-0.15, -0.1) is 24.0 Å². The topological polar surface area (TPSA) is 65.5 Å². The Balaban J connectivity index is 0.00000312. The summed E-state index contributed by atoms with van der Waals surface area (Å²) in [6.07, 6.45) is 5.82. The average molecular weight is 499 g/mol. The van der Waals surface area contributed by atoms with Gasteiger partial charge in [0.15, 0.2) is 5.96 Å². The van der Waals surface area contributed by atoms with Gasteiger partial charge < -0.3 is 16.0 Å². The van der Waals surface area contributed by atoms with Crippen LogP contribution in [0.5, 0.6) is 0 Å². The minimum atomic E-state index is -0.00521. The van der Waals surface area contributed by atoms with E-state index in [4.69, 9.17) is 23.2 Å². The molecule has 0 unspecified atom stereocenters. The minimum absolute atomic E-state index is 0. The van der Waals surface area contributed by atoms with E-state index < -0.39 is 0 Å². The zero-order valence-corrected chi connectivity index (χ0v) is 18.1. The molecule has 0 radical (unpaired) electrons. The van der Waals surface area contributed by atoms with Gasteiger partial charge in [-0.05, 0) is 30.5 Å². The van der Waals surface area contributed by atoms with E-state index in [2.05, 4.69) is 20.9 Å². The molecule has 1 aromatic carbocycles. The molecule has 1 saturated carbocycles. The van der Waals surface area contributed by atoms with Crippen LogP contribution in [0.4, 0.5) is 0 Å². The molecule has 1 aromatic rings. The molecule has 140 valence electrons. The number of guanidine groups is 1. The highest BCUT2D eigenvalue weighted by atomic mass is 127. The first-order valence-corrected chi connectivity index (χ1v) is 9.02. The average Bonchev–Trinajstić information content (AvgIpc) is 2.57. The van der Waals surface area contributed by atoms with Gasteiger partial charge in [-0.3, -0.25) is 9.79 Å². The molecule has 25 heavy (non-hydrogen) atoms. The second-order valence-electron chi connectivity index (χ2n) is 5.92. The number of nitrogens with zero attached hydrogens (tertiary/aromatic N) is 1. The number of benzene rings is 1. The van der Waals surface area contributed by atoms with Crippen LogP contribution in [0.15, 0.2) is 23.2 Å². The summed E-state index contributed by atoms with van der Waals surface area (Å²) in [5.74, 6) is 0.550. The Morgan fingerprint density at radius 2 is 1.92 bits per heavy atom. The number of halogens is 3. The molecule has 1 aliphatic carbocycles. The third-order valence-electron chi connectivity index (χ3n) is 4.07. The third kappa shape index (κ3) is 8.00. The molecule has 2 rings (SSSR count). The maximum atomic E-state index is 12.0. The van der Waals surface area contributed by atoms with Crippen molar-refractivity contribution in [3.05, 3.63) is 33.8 Å². The van der Waals surface area contributed by atoms with Crippen molar-refractivity contribution in [2.75, 3.05) is 13.6 Å². The van der Waals surface area contributed by atoms with Crippen LogP contribution >= 0.6 is 47.2 Å². The molecule has 3 N–H and O–H groups in total. The number of amides is 1. The van der Waals surface area contributed by atoms with Crippen molar-refractivity contribution >= 4 is 59.0 Å². The van der Waals surface area contributed by atoms with Crippen LogP contribution in [0.2, 0.25) is 10.0 Å². The molecule has 0 aliphatic heterocycles. The van der Waals surface area contributed by atoms with Crippen molar-refractivity contribution < 1.29 is 4.79 Å². The van der Waals surface area contributed by atoms with E-state index in [9.17, 15) is 4.79 Å². The van der Waals surface area contributed by atoms with E-state index in [1.165, 1.54) is 19.3 Å². The van der Waals surface area contributed by atoms with Crippen LogP contribution in [0, 0.1) is 0 Å². The van der Waals surface area contributed by atoms with Crippen LogP contribution in [-0.4, -0.2) is 31.5 Å². The first kappa shape index (κ1) is 22.3. The zero-order chi connectivity index (χ0) is 17.4. The number of carbonyl (C=O) groups excluding carboxylic acids is 1. The van der Waals surface area contributed by atoms with Gasteiger partial charge in [0, 0.05) is 29.7 Å². The fourth-order valence-corrected chi connectivity index (χ4v) is 3.23. The predicted molar refractivity (Wildman–Crippen MR) is 115 cm³/mol. The van der Waals surface area contributed by atoms with E-state index >= 15 is 0 Å². The monoisotopic (exact) mass is 498 g/mol. The lowest BCUT2D eigenvalue weighted by Crippen LogP contribution is -2.45. The number of rotatable bonds is 5. The van der Waals surface area contributed by atoms with Crippen molar-refractivity contribution in [3.63, 3.8) is 0 Å². The first-order chi connectivity index (χ1) is 11.6. The highest BCUT2D eigenvalue weighted by Crippen LogP contribution is 2.20. The normalized spacial score (nSPS) is 15.2. The number of aliphatic imine (C=N–C) groups is 1. The summed E-state index contributed by atoms with van der Waals surface area (Å²) in [7, 11) is 1.66. The maximum Gasteiger partial charge on any atom is 0.239 e. The van der Waals surface area contributed by atoms with Crippen LogP contribution in [0.1, 0.15) is 37.7 Å². The largest absolute Gasteiger partial charge is 0.352 e. The molecular formula is C17H25Cl2IN4O. The number of nitrogens with one attached hydrogen (secondary N) is 3. The fraction of sp³-hybridized carbons (Fsp3) is 0.529. The summed E-state index contributed by atoms with van der Waals surface area (Å²) in [5.41, 5.74) is 0.913. The Kier molecular flexibility index (Phi) is 10.5. The zero-order valence-electron chi connectivity index (χ0n) is 14.3. The molecule has 1 fully saturated rings. The van der Waals surface area contributed by atoms with Gasteiger partial charge in [0.1, 0.15) is 0 Å². The van der Waals surface area contributed by atoms with Crippen molar-refractivity contribution in [3.8, 4) is 0 Å². The lowest BCUT2D eigenvalue weighted by atomic mass is 9.95. The van der Waals surface area contributed by atoms with Crippen LogP contribution in [0.3, 0.4) is 0 Å². The van der Waals surface area contributed by atoms with Crippen molar-refractivity contribution in [1.82, 2.24) is 16.0 Å². The quantitative estimate of drug-likeness (QED) is 0.329. The SMILES string of the molecule is CN=C(NCC(=O)NC1CCCCC1)NCc1ccc(Cl)cc1Cl.I. The molecule has 1 amide bonds. The second-order valence-corrected chi connectivity index (χ2v) is 6.76. The predicted octanol–water partition coefficient (Wildman–Crippen LogP) is 3.73. The Hall–Kier alpha value is -0.730. The van der Waals surface area contributed by atoms with Crippen LogP contribution in [0.25, 0.3) is 0 Å². The summed E-state index contributed by atoms with van der Waals surface area (Å²) in [5, 5.41) is 10.4. The van der Waals surface area contributed by atoms with Gasteiger partial charge >= 0.3 is 0 Å². The van der Waals surface area contributed by atoms with Gasteiger partial charge in [0.25, 0.3) is 0 Å². The van der Waals surface area contributed by atoms with E-state index in [0.29, 0.717) is 28.6 Å². The molecule has 0 aromatic heterocycles. The number of hydrogen-bond acceptors (Lipinski definition) is 2. The highest BCUT2D eigenvalue weighted by molar-refractivity contribution is 14.0. The summed E-state index contributed by atoms with van der Waals surface area (Å²) in [6, 6.07) is 5.67.